The van der Waals surface area contributed by atoms with Gasteiger partial charge >= 0.3 is 6.18 Å². The van der Waals surface area contributed by atoms with Crippen molar-refractivity contribution in [1.29, 1.82) is 5.41 Å². The Labute approximate surface area is 116 Å². The summed E-state index contributed by atoms with van der Waals surface area (Å²) in [5.74, 6) is -2.73. The van der Waals surface area contributed by atoms with Gasteiger partial charge in [-0.2, -0.15) is 13.2 Å². The smallest absolute Gasteiger partial charge is 0.387 e. The highest BCUT2D eigenvalue weighted by Crippen LogP contribution is 2.32. The molecule has 3 N–H and O–H groups in total. The predicted molar refractivity (Wildman–Crippen MR) is 73.2 cm³/mol. The highest BCUT2D eigenvalue weighted by molar-refractivity contribution is 5.81. The van der Waals surface area contributed by atoms with Crippen molar-refractivity contribution in [3.8, 4) is 0 Å². The van der Waals surface area contributed by atoms with Crippen molar-refractivity contribution in [2.24, 2.45) is 11.7 Å². The van der Waals surface area contributed by atoms with E-state index in [2.05, 4.69) is 0 Å². The van der Waals surface area contributed by atoms with Crippen molar-refractivity contribution in [3.63, 3.8) is 0 Å². The van der Waals surface area contributed by atoms with Gasteiger partial charge in [0.25, 0.3) is 0 Å². The Kier molecular flexibility index (Phi) is 3.92. The third-order valence-corrected chi connectivity index (χ3v) is 3.62. The number of rotatable bonds is 3. The number of amidine groups is 1. The monoisotopic (exact) mass is 285 g/mol. The van der Waals surface area contributed by atoms with E-state index < -0.39 is 17.9 Å². The number of nitrogens with one attached hydrogen (secondary N) is 1. The maximum absolute atomic E-state index is 12.9. The number of benzene rings is 1. The Morgan fingerprint density at radius 1 is 1.45 bits per heavy atom. The second kappa shape index (κ2) is 5.34. The molecule has 0 radical (unpaired) electrons. The van der Waals surface area contributed by atoms with Gasteiger partial charge in [0.05, 0.1) is 0 Å². The molecule has 1 heterocycles. The summed E-state index contributed by atoms with van der Waals surface area (Å²) >= 11 is 0. The van der Waals surface area contributed by atoms with Crippen LogP contribution in [0.5, 0.6) is 0 Å². The molecule has 110 valence electrons. The Balaban J connectivity index is 2.25. The first-order valence-electron chi connectivity index (χ1n) is 6.54. The van der Waals surface area contributed by atoms with Gasteiger partial charge in [-0.1, -0.05) is 17.7 Å². The topological polar surface area (TPSA) is 53.1 Å². The zero-order valence-electron chi connectivity index (χ0n) is 11.3. The Morgan fingerprint density at radius 3 is 2.75 bits per heavy atom. The van der Waals surface area contributed by atoms with E-state index in [-0.39, 0.29) is 6.54 Å². The predicted octanol–water partition coefficient (Wildman–Crippen LogP) is 2.86. The molecule has 1 atom stereocenters. The minimum atomic E-state index is -4.48. The number of nitrogens with zero attached hydrogens (tertiary/aromatic N) is 1. The van der Waals surface area contributed by atoms with Gasteiger partial charge in [-0.05, 0) is 31.4 Å². The lowest BCUT2D eigenvalue weighted by atomic mass is 9.97. The van der Waals surface area contributed by atoms with Crippen molar-refractivity contribution in [3.05, 3.63) is 29.3 Å². The fraction of sp³-hybridized carbons (Fsp3) is 0.500. The van der Waals surface area contributed by atoms with Gasteiger partial charge in [-0.25, -0.2) is 0 Å². The lowest BCUT2D eigenvalue weighted by molar-refractivity contribution is -0.153. The van der Waals surface area contributed by atoms with Crippen LogP contribution < -0.4 is 10.6 Å². The number of nitrogens with two attached hydrogens (primary N) is 1. The SMILES string of the molecule is Cc1ccc2c(c1)CCCN2CC(C(=N)N)C(F)(F)F. The molecule has 0 saturated heterocycles. The van der Waals surface area contributed by atoms with Gasteiger partial charge in [-0.3, -0.25) is 5.41 Å². The molecular formula is C14H18F3N3. The molecule has 1 aliphatic heterocycles. The van der Waals surface area contributed by atoms with E-state index in [4.69, 9.17) is 11.1 Å². The molecule has 1 aliphatic rings. The van der Waals surface area contributed by atoms with Crippen LogP contribution in [0.4, 0.5) is 18.9 Å². The average Bonchev–Trinajstić information content (AvgIpc) is 2.33. The van der Waals surface area contributed by atoms with Crippen LogP contribution in [0.15, 0.2) is 18.2 Å². The number of aryl methyl sites for hydroxylation is 2. The van der Waals surface area contributed by atoms with Gasteiger partial charge in [0, 0.05) is 18.8 Å². The van der Waals surface area contributed by atoms with Crippen LogP contribution in [0.2, 0.25) is 0 Å². The molecule has 0 amide bonds. The third-order valence-electron chi connectivity index (χ3n) is 3.62. The molecule has 0 aromatic heterocycles. The summed E-state index contributed by atoms with van der Waals surface area (Å²) in [5.41, 5.74) is 8.12. The van der Waals surface area contributed by atoms with Gasteiger partial charge in [0.15, 0.2) is 0 Å². The fourth-order valence-corrected chi connectivity index (χ4v) is 2.59. The number of hydrogen-bond donors (Lipinski definition) is 2. The zero-order chi connectivity index (χ0) is 14.9. The summed E-state index contributed by atoms with van der Waals surface area (Å²) in [4.78, 5) is 1.69. The van der Waals surface area contributed by atoms with E-state index in [9.17, 15) is 13.2 Å². The van der Waals surface area contributed by atoms with Crippen molar-refractivity contribution in [1.82, 2.24) is 0 Å². The molecule has 2 rings (SSSR count). The molecule has 0 saturated carbocycles. The lowest BCUT2D eigenvalue weighted by Crippen LogP contribution is -2.45. The van der Waals surface area contributed by atoms with Gasteiger partial charge in [0.2, 0.25) is 0 Å². The molecule has 0 bridgehead atoms. The van der Waals surface area contributed by atoms with Crippen LogP contribution in [-0.4, -0.2) is 25.1 Å². The normalized spacial score (nSPS) is 16.7. The lowest BCUT2D eigenvalue weighted by Gasteiger charge is -2.34. The van der Waals surface area contributed by atoms with Crippen LogP contribution >= 0.6 is 0 Å². The van der Waals surface area contributed by atoms with Crippen molar-refractivity contribution in [2.45, 2.75) is 25.9 Å². The molecule has 1 aromatic carbocycles. The molecule has 0 aliphatic carbocycles. The highest BCUT2D eigenvalue weighted by atomic mass is 19.4. The molecule has 0 spiro atoms. The first-order valence-corrected chi connectivity index (χ1v) is 6.54. The van der Waals surface area contributed by atoms with E-state index >= 15 is 0 Å². The number of hydrogen-bond acceptors (Lipinski definition) is 2. The summed E-state index contributed by atoms with van der Waals surface area (Å²) in [6.45, 7) is 2.25. The highest BCUT2D eigenvalue weighted by Gasteiger charge is 2.43. The molecule has 1 aromatic rings. The molecular weight excluding hydrogens is 267 g/mol. The fourth-order valence-electron chi connectivity index (χ4n) is 2.59. The van der Waals surface area contributed by atoms with Crippen LogP contribution in [0.1, 0.15) is 17.5 Å². The molecule has 3 nitrogen and oxygen atoms in total. The van der Waals surface area contributed by atoms with Crippen molar-refractivity contribution in [2.75, 3.05) is 18.0 Å². The second-order valence-corrected chi connectivity index (χ2v) is 5.23. The standard InChI is InChI=1S/C14H18F3N3/c1-9-4-5-12-10(7-9)3-2-6-20(12)8-11(13(18)19)14(15,16)17/h4-5,7,11H,2-3,6,8H2,1H3,(H3,18,19). The Bertz CT molecular complexity index is 511. The first kappa shape index (κ1) is 14.7. The van der Waals surface area contributed by atoms with Crippen LogP contribution in [0.25, 0.3) is 0 Å². The van der Waals surface area contributed by atoms with Gasteiger partial charge < -0.3 is 10.6 Å². The molecule has 6 heteroatoms. The number of halogens is 3. The molecule has 0 fully saturated rings. The van der Waals surface area contributed by atoms with Crippen LogP contribution in [-0.2, 0) is 6.42 Å². The Hall–Kier alpha value is -1.72. The van der Waals surface area contributed by atoms with E-state index in [0.29, 0.717) is 6.54 Å². The van der Waals surface area contributed by atoms with Gasteiger partial charge in [0.1, 0.15) is 11.8 Å². The minimum Gasteiger partial charge on any atom is -0.387 e. The maximum Gasteiger partial charge on any atom is 0.400 e. The first-order chi connectivity index (χ1) is 9.29. The second-order valence-electron chi connectivity index (χ2n) is 5.23. The maximum atomic E-state index is 12.9. The van der Waals surface area contributed by atoms with E-state index in [0.717, 1.165) is 29.7 Å². The summed E-state index contributed by atoms with van der Waals surface area (Å²) in [6, 6.07) is 5.77. The zero-order valence-corrected chi connectivity index (χ0v) is 11.3. The summed E-state index contributed by atoms with van der Waals surface area (Å²) in [5, 5.41) is 7.18. The Morgan fingerprint density at radius 2 is 2.15 bits per heavy atom. The molecule has 20 heavy (non-hydrogen) atoms. The summed E-state index contributed by atoms with van der Waals surface area (Å²) in [6.07, 6.45) is -2.78. The number of alkyl halides is 3. The van der Waals surface area contributed by atoms with Gasteiger partial charge in [-0.15, -0.1) is 0 Å². The third kappa shape index (κ3) is 3.05. The number of fused-ring (bicyclic) bond motifs is 1. The van der Waals surface area contributed by atoms with Crippen molar-refractivity contribution < 1.29 is 13.2 Å². The largest absolute Gasteiger partial charge is 0.400 e. The van der Waals surface area contributed by atoms with Crippen molar-refractivity contribution >= 4 is 11.5 Å². The average molecular weight is 285 g/mol. The van der Waals surface area contributed by atoms with E-state index in [1.807, 2.05) is 25.1 Å². The minimum absolute atomic E-state index is 0.283. The van der Waals surface area contributed by atoms with E-state index in [1.165, 1.54) is 0 Å². The quantitative estimate of drug-likeness (QED) is 0.663. The summed E-state index contributed by atoms with van der Waals surface area (Å²) < 4.78 is 38.8. The van der Waals surface area contributed by atoms with Crippen LogP contribution in [0.3, 0.4) is 0 Å². The number of anilines is 1. The van der Waals surface area contributed by atoms with E-state index in [1.54, 1.807) is 4.90 Å². The van der Waals surface area contributed by atoms with Crippen LogP contribution in [0, 0.1) is 18.3 Å². The molecule has 1 unspecified atom stereocenters. The summed E-state index contributed by atoms with van der Waals surface area (Å²) in [7, 11) is 0.